The smallest absolute Gasteiger partial charge is 0.0519 e. The van der Waals surface area contributed by atoms with Crippen LogP contribution in [0.1, 0.15) is 68.0 Å². The fraction of sp³-hybridized carbons (Fsp3) is 0.226. The minimum absolute atomic E-state index is 0.120. The molecule has 1 aliphatic carbocycles. The predicted molar refractivity (Wildman–Crippen MR) is 144 cm³/mol. The van der Waals surface area contributed by atoms with E-state index in [9.17, 15) is 0 Å². The number of aromatic nitrogens is 1. The number of hydrogen-bond acceptors (Lipinski definition) is 0. The van der Waals surface area contributed by atoms with Gasteiger partial charge in [0.2, 0.25) is 0 Å². The van der Waals surface area contributed by atoms with Gasteiger partial charge in [-0.1, -0.05) is 95.5 Å². The Bertz CT molecular complexity index is 1410. The number of fused-ring (bicyclic) bond motifs is 7. The summed E-state index contributed by atoms with van der Waals surface area (Å²) in [5.41, 5.74) is 12.6. The van der Waals surface area contributed by atoms with E-state index in [0.29, 0.717) is 0 Å². The fourth-order valence-corrected chi connectivity index (χ4v) is 5.48. The zero-order valence-corrected chi connectivity index (χ0v) is 20.2. The maximum absolute atomic E-state index is 4.23. The van der Waals surface area contributed by atoms with Crippen LogP contribution in [0.3, 0.4) is 0 Å². The molecule has 1 heteroatoms. The molecule has 1 heterocycles. The first-order valence-electron chi connectivity index (χ1n) is 11.6. The summed E-state index contributed by atoms with van der Waals surface area (Å²) >= 11 is 0. The van der Waals surface area contributed by atoms with Crippen molar-refractivity contribution >= 4 is 40.0 Å². The van der Waals surface area contributed by atoms with Crippen molar-refractivity contribution in [3.8, 4) is 11.1 Å². The summed E-state index contributed by atoms with van der Waals surface area (Å²) in [6.07, 6.45) is 8.40. The van der Waals surface area contributed by atoms with Crippen LogP contribution < -0.4 is 0 Å². The molecule has 0 saturated carbocycles. The van der Waals surface area contributed by atoms with Crippen molar-refractivity contribution in [3.05, 3.63) is 89.0 Å². The molecule has 0 spiro atoms. The highest BCUT2D eigenvalue weighted by molar-refractivity contribution is 6.17. The average molecular weight is 420 g/mol. The molecule has 0 unspecified atom stereocenters. The molecule has 1 aliphatic rings. The minimum Gasteiger partial charge on any atom is -0.354 e. The van der Waals surface area contributed by atoms with E-state index >= 15 is 0 Å². The normalized spacial score (nSPS) is 13.7. The number of aromatic amines is 1. The molecular weight excluding hydrogens is 386 g/mol. The molecule has 1 aromatic heterocycles. The first-order valence-corrected chi connectivity index (χ1v) is 11.6. The maximum atomic E-state index is 4.23. The summed E-state index contributed by atoms with van der Waals surface area (Å²) in [7, 11) is 0. The second kappa shape index (κ2) is 7.98. The Kier molecular flexibility index (Phi) is 5.46. The lowest BCUT2D eigenvalue weighted by atomic mass is 9.80. The van der Waals surface area contributed by atoms with E-state index in [-0.39, 0.29) is 5.41 Å². The standard InChI is InChI=1S/C29H27N.C2H6/c1-7-12-20-17(4)15-16-22-25(20)26-19(9-3)18(8-2)24-21-13-10-11-14-23(21)30-28(24)27(26)29(22,5)6;1-2/h7-16,30H,2-3H2,1,4-6H3;1-2H3/b12-7-;. The molecule has 1 N–H and O–H groups in total. The molecule has 4 aromatic rings. The first kappa shape index (κ1) is 21.9. The Labute approximate surface area is 192 Å². The molecule has 0 fully saturated rings. The van der Waals surface area contributed by atoms with Gasteiger partial charge in [-0.15, -0.1) is 0 Å². The second-order valence-corrected chi connectivity index (χ2v) is 8.75. The molecule has 0 radical (unpaired) electrons. The van der Waals surface area contributed by atoms with Crippen LogP contribution in [-0.2, 0) is 5.41 Å². The lowest BCUT2D eigenvalue weighted by Gasteiger charge is -2.23. The van der Waals surface area contributed by atoms with Crippen molar-refractivity contribution in [3.63, 3.8) is 0 Å². The third-order valence-corrected chi connectivity index (χ3v) is 6.79. The predicted octanol–water partition coefficient (Wildman–Crippen LogP) is 9.28. The van der Waals surface area contributed by atoms with Crippen molar-refractivity contribution in [2.24, 2.45) is 0 Å². The zero-order valence-electron chi connectivity index (χ0n) is 20.2. The van der Waals surface area contributed by atoms with Crippen LogP contribution in [0.25, 0.3) is 51.2 Å². The topological polar surface area (TPSA) is 15.8 Å². The van der Waals surface area contributed by atoms with Crippen molar-refractivity contribution in [2.75, 3.05) is 0 Å². The number of rotatable bonds is 3. The van der Waals surface area contributed by atoms with Gasteiger partial charge in [-0.05, 0) is 64.4 Å². The summed E-state index contributed by atoms with van der Waals surface area (Å²) in [5.74, 6) is 0. The van der Waals surface area contributed by atoms with E-state index in [4.69, 9.17) is 0 Å². The van der Waals surface area contributed by atoms with E-state index in [0.717, 1.165) is 11.1 Å². The summed E-state index contributed by atoms with van der Waals surface area (Å²) in [5, 5.41) is 2.49. The monoisotopic (exact) mass is 419 g/mol. The summed E-state index contributed by atoms with van der Waals surface area (Å²) in [4.78, 5) is 3.76. The molecule has 0 aliphatic heterocycles. The van der Waals surface area contributed by atoms with Gasteiger partial charge >= 0.3 is 0 Å². The van der Waals surface area contributed by atoms with Crippen LogP contribution in [0.5, 0.6) is 0 Å². The second-order valence-electron chi connectivity index (χ2n) is 8.75. The quantitative estimate of drug-likeness (QED) is 0.340. The number of nitrogens with one attached hydrogen (secondary N) is 1. The van der Waals surface area contributed by atoms with Gasteiger partial charge in [0.15, 0.2) is 0 Å². The SMILES string of the molecule is C=Cc1c2c(c3[nH]c4ccccc4c3c1C=C)C(C)(C)c1ccc(C)c(/C=C\C)c1-2.CC. The molecule has 0 bridgehead atoms. The molecular formula is C31H33N. The van der Waals surface area contributed by atoms with Crippen LogP contribution in [0.2, 0.25) is 0 Å². The lowest BCUT2D eigenvalue weighted by molar-refractivity contribution is 0.665. The third-order valence-electron chi connectivity index (χ3n) is 6.79. The van der Waals surface area contributed by atoms with Gasteiger partial charge < -0.3 is 4.98 Å². The van der Waals surface area contributed by atoms with E-state index in [1.165, 1.54) is 55.2 Å². The van der Waals surface area contributed by atoms with Gasteiger partial charge in [0, 0.05) is 21.7 Å². The maximum Gasteiger partial charge on any atom is 0.0519 e. The summed E-state index contributed by atoms with van der Waals surface area (Å²) in [6.45, 7) is 21.4. The van der Waals surface area contributed by atoms with Gasteiger partial charge in [0.05, 0.1) is 5.52 Å². The molecule has 0 amide bonds. The van der Waals surface area contributed by atoms with Gasteiger partial charge in [0.1, 0.15) is 0 Å². The number of benzene rings is 3. The van der Waals surface area contributed by atoms with Gasteiger partial charge in [0.25, 0.3) is 0 Å². The highest BCUT2D eigenvalue weighted by atomic mass is 14.7. The van der Waals surface area contributed by atoms with E-state index in [1.54, 1.807) is 0 Å². The molecule has 0 saturated heterocycles. The highest BCUT2D eigenvalue weighted by Crippen LogP contribution is 2.56. The summed E-state index contributed by atoms with van der Waals surface area (Å²) in [6, 6.07) is 13.1. The van der Waals surface area contributed by atoms with Gasteiger partial charge in [-0.3, -0.25) is 0 Å². The molecule has 3 aromatic carbocycles. The molecule has 162 valence electrons. The van der Waals surface area contributed by atoms with Crippen LogP contribution in [-0.4, -0.2) is 4.98 Å². The largest absolute Gasteiger partial charge is 0.354 e. The zero-order chi connectivity index (χ0) is 23.2. The third kappa shape index (κ3) is 2.77. The number of para-hydroxylation sites is 1. The molecule has 32 heavy (non-hydrogen) atoms. The van der Waals surface area contributed by atoms with E-state index in [1.807, 2.05) is 26.0 Å². The lowest BCUT2D eigenvalue weighted by Crippen LogP contribution is -2.16. The Hall–Kier alpha value is -3.32. The first-order chi connectivity index (χ1) is 15.5. The molecule has 1 nitrogen and oxygen atoms in total. The Morgan fingerprint density at radius 2 is 1.56 bits per heavy atom. The van der Waals surface area contributed by atoms with E-state index < -0.39 is 0 Å². The number of allylic oxidation sites excluding steroid dienone is 1. The van der Waals surface area contributed by atoms with Gasteiger partial charge in [-0.25, -0.2) is 0 Å². The van der Waals surface area contributed by atoms with Gasteiger partial charge in [-0.2, -0.15) is 0 Å². The Balaban J connectivity index is 0.00000119. The van der Waals surface area contributed by atoms with Crippen molar-refractivity contribution in [1.82, 2.24) is 4.98 Å². The van der Waals surface area contributed by atoms with Crippen molar-refractivity contribution in [1.29, 1.82) is 0 Å². The molecule has 5 rings (SSSR count). The number of aryl methyl sites for hydroxylation is 1. The summed E-state index contributed by atoms with van der Waals surface area (Å²) < 4.78 is 0. The highest BCUT2D eigenvalue weighted by Gasteiger charge is 2.41. The average Bonchev–Trinajstić information content (AvgIpc) is 3.29. The molecule has 0 atom stereocenters. The Morgan fingerprint density at radius 3 is 2.22 bits per heavy atom. The van der Waals surface area contributed by atoms with Crippen LogP contribution in [0, 0.1) is 6.92 Å². The Morgan fingerprint density at radius 1 is 0.875 bits per heavy atom. The van der Waals surface area contributed by atoms with E-state index in [2.05, 4.69) is 94.4 Å². The van der Waals surface area contributed by atoms with Crippen LogP contribution >= 0.6 is 0 Å². The fourth-order valence-electron chi connectivity index (χ4n) is 5.48. The number of H-pyrrole nitrogens is 1. The van der Waals surface area contributed by atoms with Crippen LogP contribution in [0.15, 0.2) is 55.6 Å². The van der Waals surface area contributed by atoms with Crippen molar-refractivity contribution in [2.45, 2.75) is 47.0 Å². The van der Waals surface area contributed by atoms with Crippen molar-refractivity contribution < 1.29 is 0 Å². The van der Waals surface area contributed by atoms with Crippen LogP contribution in [0.4, 0.5) is 0 Å². The minimum atomic E-state index is -0.120. The number of hydrogen-bond donors (Lipinski definition) is 1.